The lowest BCUT2D eigenvalue weighted by atomic mass is 9.47. The fourth-order valence-corrected chi connectivity index (χ4v) is 6.94. The van der Waals surface area contributed by atoms with E-state index in [1.807, 2.05) is 20.8 Å². The molecule has 1 aliphatic heterocycles. The lowest BCUT2D eigenvalue weighted by Crippen LogP contribution is -2.79. The van der Waals surface area contributed by atoms with Crippen LogP contribution in [0.2, 0.25) is 0 Å². The quantitative estimate of drug-likeness (QED) is 0.366. The topological polar surface area (TPSA) is 148 Å². The van der Waals surface area contributed by atoms with E-state index < -0.39 is 76.9 Å². The van der Waals surface area contributed by atoms with Gasteiger partial charge in [0.25, 0.3) is 0 Å². The number of hydrogen-bond donors (Lipinski definition) is 1. The molecule has 0 aromatic carbocycles. The van der Waals surface area contributed by atoms with E-state index in [9.17, 15) is 24.3 Å². The van der Waals surface area contributed by atoms with Gasteiger partial charge < -0.3 is 33.2 Å². The van der Waals surface area contributed by atoms with E-state index in [0.717, 1.165) is 0 Å². The number of rotatable bonds is 8. The van der Waals surface area contributed by atoms with Crippen LogP contribution in [0.4, 0.5) is 0 Å². The molecule has 1 N–H and O–H groups in total. The van der Waals surface area contributed by atoms with Gasteiger partial charge >= 0.3 is 23.9 Å². The molecule has 11 nitrogen and oxygen atoms in total. The molecule has 0 amide bonds. The zero-order chi connectivity index (χ0) is 29.7. The smallest absolute Gasteiger partial charge is 0.341 e. The minimum Gasteiger partial charge on any atom is -0.472 e. The molecule has 3 fully saturated rings. The van der Waals surface area contributed by atoms with Gasteiger partial charge in [-0.05, 0) is 52.0 Å². The summed E-state index contributed by atoms with van der Waals surface area (Å²) in [5, 5.41) is 12.2. The van der Waals surface area contributed by atoms with Gasteiger partial charge in [-0.3, -0.25) is 14.4 Å². The third-order valence-electron chi connectivity index (χ3n) is 9.19. The molecule has 2 saturated carbocycles. The van der Waals surface area contributed by atoms with Gasteiger partial charge in [0.05, 0.1) is 28.9 Å². The molecule has 2 aliphatic carbocycles. The maximum Gasteiger partial charge on any atom is 0.341 e. The van der Waals surface area contributed by atoms with Gasteiger partial charge in [0.1, 0.15) is 36.1 Å². The number of furan rings is 1. The summed E-state index contributed by atoms with van der Waals surface area (Å²) < 4.78 is 35.5. The molecule has 1 spiro atoms. The predicted octanol–water partition coefficient (Wildman–Crippen LogP) is 3.36. The van der Waals surface area contributed by atoms with Crippen LogP contribution in [0.5, 0.6) is 0 Å². The zero-order valence-corrected chi connectivity index (χ0v) is 24.2. The predicted molar refractivity (Wildman–Crippen MR) is 138 cm³/mol. The maximum atomic E-state index is 13.3. The SMILES string of the molecule is CCC(C)C(=O)OC1C(OC(C)=O)CC(C)(O)C23CC(CC(OC(=O)c4ccoc4)C12COC(C)=O)C(C)(C)O3. The van der Waals surface area contributed by atoms with Crippen molar-refractivity contribution in [2.45, 2.75) is 109 Å². The van der Waals surface area contributed by atoms with Crippen LogP contribution in [-0.2, 0) is 38.1 Å². The van der Waals surface area contributed by atoms with Crippen molar-refractivity contribution >= 4 is 23.9 Å². The van der Waals surface area contributed by atoms with Crippen LogP contribution >= 0.6 is 0 Å². The molecule has 8 atom stereocenters. The molecule has 4 rings (SSSR count). The fraction of sp³-hybridized carbons (Fsp3) is 0.724. The van der Waals surface area contributed by atoms with Crippen molar-refractivity contribution in [3.8, 4) is 0 Å². The first kappa shape index (κ1) is 30.0. The molecule has 1 aromatic heterocycles. The second kappa shape index (κ2) is 10.5. The highest BCUT2D eigenvalue weighted by Gasteiger charge is 2.81. The normalized spacial score (nSPS) is 36.6. The van der Waals surface area contributed by atoms with Gasteiger partial charge in [-0.1, -0.05) is 13.8 Å². The Morgan fingerprint density at radius 3 is 2.35 bits per heavy atom. The highest BCUT2D eigenvalue weighted by atomic mass is 16.6. The Morgan fingerprint density at radius 2 is 1.77 bits per heavy atom. The summed E-state index contributed by atoms with van der Waals surface area (Å²) in [7, 11) is 0. The lowest BCUT2D eigenvalue weighted by Gasteiger charge is -2.64. The monoisotopic (exact) mass is 564 g/mol. The fourth-order valence-electron chi connectivity index (χ4n) is 6.94. The van der Waals surface area contributed by atoms with Crippen molar-refractivity contribution in [3.05, 3.63) is 24.2 Å². The van der Waals surface area contributed by atoms with Crippen molar-refractivity contribution in [1.82, 2.24) is 0 Å². The van der Waals surface area contributed by atoms with E-state index >= 15 is 0 Å². The van der Waals surface area contributed by atoms with Crippen LogP contribution in [0.1, 0.15) is 84.5 Å². The highest BCUT2D eigenvalue weighted by Crippen LogP contribution is 2.68. The third-order valence-corrected chi connectivity index (χ3v) is 9.19. The van der Waals surface area contributed by atoms with E-state index in [1.165, 1.54) is 32.4 Å². The molecular formula is C29H40O11. The van der Waals surface area contributed by atoms with Gasteiger partial charge in [0.2, 0.25) is 0 Å². The number of aliphatic hydroxyl groups is 1. The molecule has 0 radical (unpaired) electrons. The Bertz CT molecular complexity index is 1140. The van der Waals surface area contributed by atoms with E-state index in [-0.39, 0.29) is 24.3 Å². The summed E-state index contributed by atoms with van der Waals surface area (Å²) in [5.41, 5.74) is -5.48. The lowest BCUT2D eigenvalue weighted by molar-refractivity contribution is -0.337. The molecule has 222 valence electrons. The average molecular weight is 565 g/mol. The zero-order valence-electron chi connectivity index (χ0n) is 24.2. The third kappa shape index (κ3) is 4.81. The minimum atomic E-state index is -1.68. The number of carbonyl (C=O) groups is 4. The molecule has 1 aromatic rings. The Hall–Kier alpha value is -2.92. The van der Waals surface area contributed by atoms with Crippen molar-refractivity contribution in [2.75, 3.05) is 6.61 Å². The van der Waals surface area contributed by atoms with Crippen molar-refractivity contribution in [2.24, 2.45) is 17.3 Å². The Balaban J connectivity index is 1.97. The van der Waals surface area contributed by atoms with Crippen molar-refractivity contribution < 1.29 is 52.4 Å². The van der Waals surface area contributed by atoms with E-state index in [1.54, 1.807) is 13.8 Å². The first-order valence-electron chi connectivity index (χ1n) is 13.8. The summed E-state index contributed by atoms with van der Waals surface area (Å²) in [5.74, 6) is -3.25. The molecule has 8 unspecified atom stereocenters. The van der Waals surface area contributed by atoms with Gasteiger partial charge in [-0.2, -0.15) is 0 Å². The van der Waals surface area contributed by atoms with E-state index in [4.69, 9.17) is 28.1 Å². The molecule has 2 bridgehead atoms. The van der Waals surface area contributed by atoms with Gasteiger partial charge in [0, 0.05) is 20.3 Å². The summed E-state index contributed by atoms with van der Waals surface area (Å²) in [6.07, 6.45) is -0.0232. The molecule has 2 heterocycles. The van der Waals surface area contributed by atoms with Crippen LogP contribution in [0, 0.1) is 17.3 Å². The standard InChI is InChI=1S/C29H40O11/c1-8-16(2)24(32)39-23-21(37-18(4)31)13-27(7,34)29-12-20(26(5,6)40-29)11-22(28(23,29)15-36-17(3)30)38-25(33)19-9-10-35-14-19/h9-10,14,16,20-23,34H,8,11-13,15H2,1-7H3. The summed E-state index contributed by atoms with van der Waals surface area (Å²) in [6, 6.07) is 1.45. The maximum absolute atomic E-state index is 13.3. The van der Waals surface area contributed by atoms with Crippen molar-refractivity contribution in [3.63, 3.8) is 0 Å². The number of fused-ring (bicyclic) bond motifs is 1. The number of carbonyl (C=O) groups excluding carboxylic acids is 4. The number of hydrogen-bond acceptors (Lipinski definition) is 11. The Labute approximate surface area is 233 Å². The molecule has 1 saturated heterocycles. The van der Waals surface area contributed by atoms with Gasteiger partial charge in [-0.25, -0.2) is 4.79 Å². The van der Waals surface area contributed by atoms with Gasteiger partial charge in [0.15, 0.2) is 6.10 Å². The Morgan fingerprint density at radius 1 is 1.07 bits per heavy atom. The minimum absolute atomic E-state index is 0.127. The van der Waals surface area contributed by atoms with Crippen LogP contribution in [0.3, 0.4) is 0 Å². The van der Waals surface area contributed by atoms with E-state index in [2.05, 4.69) is 0 Å². The summed E-state index contributed by atoms with van der Waals surface area (Å²) >= 11 is 0. The summed E-state index contributed by atoms with van der Waals surface area (Å²) in [6.45, 7) is 10.9. The summed E-state index contributed by atoms with van der Waals surface area (Å²) in [4.78, 5) is 51.2. The number of ether oxygens (including phenoxy) is 5. The number of esters is 4. The average Bonchev–Trinajstić information content (AvgIpc) is 3.47. The second-order valence-electron chi connectivity index (χ2n) is 12.2. The van der Waals surface area contributed by atoms with Crippen LogP contribution in [0.15, 0.2) is 23.0 Å². The van der Waals surface area contributed by atoms with Crippen molar-refractivity contribution in [1.29, 1.82) is 0 Å². The molecular weight excluding hydrogens is 524 g/mol. The van der Waals surface area contributed by atoms with Crippen LogP contribution < -0.4 is 0 Å². The first-order valence-corrected chi connectivity index (χ1v) is 13.8. The van der Waals surface area contributed by atoms with Gasteiger partial charge in [-0.15, -0.1) is 0 Å². The van der Waals surface area contributed by atoms with Crippen LogP contribution in [0.25, 0.3) is 0 Å². The first-order chi connectivity index (χ1) is 18.6. The molecule has 40 heavy (non-hydrogen) atoms. The Kier molecular flexibility index (Phi) is 7.87. The molecule has 11 heteroatoms. The second-order valence-corrected chi connectivity index (χ2v) is 12.2. The highest BCUT2D eigenvalue weighted by molar-refractivity contribution is 5.89. The largest absolute Gasteiger partial charge is 0.472 e. The molecule has 3 aliphatic rings. The van der Waals surface area contributed by atoms with E-state index in [0.29, 0.717) is 12.8 Å². The van der Waals surface area contributed by atoms with Crippen LogP contribution in [-0.4, -0.2) is 70.7 Å².